The number of hydrogen-bond acceptors (Lipinski definition) is 2. The summed E-state index contributed by atoms with van der Waals surface area (Å²) in [6.07, 6.45) is 0. The van der Waals surface area contributed by atoms with E-state index in [2.05, 4.69) is 228 Å². The van der Waals surface area contributed by atoms with Gasteiger partial charge in [0, 0.05) is 49.4 Å². The molecule has 60 heavy (non-hydrogen) atoms. The van der Waals surface area contributed by atoms with Gasteiger partial charge < -0.3 is 9.13 Å². The quantitative estimate of drug-likeness (QED) is 0.169. The maximum atomic E-state index is 5.35. The lowest BCUT2D eigenvalue weighted by Crippen LogP contribution is -1.96. The van der Waals surface area contributed by atoms with Crippen LogP contribution in [0.25, 0.3) is 111 Å². The van der Waals surface area contributed by atoms with Crippen LogP contribution in [-0.2, 0) is 0 Å². The fourth-order valence-electron chi connectivity index (χ4n) is 9.10. The summed E-state index contributed by atoms with van der Waals surface area (Å²) in [6, 6.07) is 77.9. The Hall–Kier alpha value is -8.08. The molecule has 0 radical (unpaired) electrons. The van der Waals surface area contributed by atoms with Crippen molar-refractivity contribution in [1.82, 2.24) is 19.1 Å². The summed E-state index contributed by atoms with van der Waals surface area (Å²) in [5.41, 5.74) is 15.4. The molecule has 0 spiro atoms. The lowest BCUT2D eigenvalue weighted by Gasteiger charge is -2.13. The van der Waals surface area contributed by atoms with E-state index in [0.29, 0.717) is 5.82 Å². The molecule has 4 nitrogen and oxygen atoms in total. The molecule has 4 heteroatoms. The van der Waals surface area contributed by atoms with Gasteiger partial charge in [-0.1, -0.05) is 146 Å². The van der Waals surface area contributed by atoms with Crippen molar-refractivity contribution in [2.24, 2.45) is 0 Å². The largest absolute Gasteiger partial charge is 0.309 e. The molecule has 0 N–H and O–H groups in total. The molecule has 0 saturated heterocycles. The van der Waals surface area contributed by atoms with E-state index in [4.69, 9.17) is 9.97 Å². The first kappa shape index (κ1) is 34.0. The van der Waals surface area contributed by atoms with Gasteiger partial charge in [-0.25, -0.2) is 9.97 Å². The van der Waals surface area contributed by atoms with Crippen molar-refractivity contribution >= 4 is 54.5 Å². The van der Waals surface area contributed by atoms with Gasteiger partial charge in [0.25, 0.3) is 0 Å². The van der Waals surface area contributed by atoms with E-state index in [9.17, 15) is 0 Å². The highest BCUT2D eigenvalue weighted by molar-refractivity contribution is 6.11. The van der Waals surface area contributed by atoms with Crippen LogP contribution in [0.15, 0.2) is 218 Å². The fourth-order valence-corrected chi connectivity index (χ4v) is 9.10. The molecule has 0 amide bonds. The Morgan fingerprint density at radius 3 is 1.47 bits per heavy atom. The van der Waals surface area contributed by atoms with Crippen LogP contribution in [-0.4, -0.2) is 19.1 Å². The predicted molar refractivity (Wildman–Crippen MR) is 250 cm³/mol. The molecule has 0 aliphatic rings. The van der Waals surface area contributed by atoms with Gasteiger partial charge in [0.05, 0.1) is 33.3 Å². The second-order valence-electron chi connectivity index (χ2n) is 15.4. The third kappa shape index (κ3) is 5.53. The minimum absolute atomic E-state index is 0.700. The SMILES string of the molecule is c1ccc(-c2nc(-c3cccc(-c4ccc5c(c4)c4ccccc4n5-c4ccccc4)c3)nc3ccc(-c4ccc5c6ccccc6n(-c6ccccc6)c5c4)cc23)cc1. The van der Waals surface area contributed by atoms with Crippen LogP contribution in [0.4, 0.5) is 0 Å². The van der Waals surface area contributed by atoms with Crippen LogP contribution in [0.5, 0.6) is 0 Å². The number of hydrogen-bond donors (Lipinski definition) is 0. The summed E-state index contributed by atoms with van der Waals surface area (Å²) in [5.74, 6) is 0.700. The van der Waals surface area contributed by atoms with Gasteiger partial charge in [0.2, 0.25) is 0 Å². The van der Waals surface area contributed by atoms with Gasteiger partial charge in [-0.05, 0) is 95.1 Å². The smallest absolute Gasteiger partial charge is 0.160 e. The molecular formula is C56H36N4. The molecule has 0 aliphatic carbocycles. The third-order valence-corrected chi connectivity index (χ3v) is 11.9. The highest BCUT2D eigenvalue weighted by atomic mass is 15.0. The molecule has 280 valence electrons. The van der Waals surface area contributed by atoms with Crippen molar-refractivity contribution < 1.29 is 0 Å². The zero-order valence-electron chi connectivity index (χ0n) is 32.6. The van der Waals surface area contributed by atoms with Crippen LogP contribution in [0.3, 0.4) is 0 Å². The average molecular weight is 765 g/mol. The van der Waals surface area contributed by atoms with Crippen LogP contribution in [0.2, 0.25) is 0 Å². The number of benzene rings is 9. The Kier molecular flexibility index (Phi) is 7.82. The highest BCUT2D eigenvalue weighted by Crippen LogP contribution is 2.39. The lowest BCUT2D eigenvalue weighted by molar-refractivity contribution is 1.18. The molecule has 0 aliphatic heterocycles. The maximum Gasteiger partial charge on any atom is 0.160 e. The van der Waals surface area contributed by atoms with Gasteiger partial charge in [0.1, 0.15) is 0 Å². The highest BCUT2D eigenvalue weighted by Gasteiger charge is 2.17. The minimum Gasteiger partial charge on any atom is -0.309 e. The molecule has 3 aromatic heterocycles. The number of fused-ring (bicyclic) bond motifs is 7. The average Bonchev–Trinajstić information content (AvgIpc) is 3.84. The second-order valence-corrected chi connectivity index (χ2v) is 15.4. The third-order valence-electron chi connectivity index (χ3n) is 11.9. The first-order chi connectivity index (χ1) is 29.7. The number of rotatable bonds is 6. The lowest BCUT2D eigenvalue weighted by atomic mass is 9.98. The zero-order chi connectivity index (χ0) is 39.6. The normalized spacial score (nSPS) is 11.7. The molecule has 0 bridgehead atoms. The molecule has 12 aromatic rings. The topological polar surface area (TPSA) is 35.6 Å². The van der Waals surface area contributed by atoms with E-state index in [1.54, 1.807) is 0 Å². The summed E-state index contributed by atoms with van der Waals surface area (Å²) in [6.45, 7) is 0. The van der Waals surface area contributed by atoms with E-state index < -0.39 is 0 Å². The van der Waals surface area contributed by atoms with Crippen molar-refractivity contribution in [3.05, 3.63) is 218 Å². The fraction of sp³-hybridized carbons (Fsp3) is 0. The number of aromatic nitrogens is 4. The Bertz CT molecular complexity index is 3580. The monoisotopic (exact) mass is 764 g/mol. The molecular weight excluding hydrogens is 729 g/mol. The summed E-state index contributed by atoms with van der Waals surface area (Å²) < 4.78 is 4.72. The second kappa shape index (κ2) is 13.8. The summed E-state index contributed by atoms with van der Waals surface area (Å²) >= 11 is 0. The van der Waals surface area contributed by atoms with Crippen molar-refractivity contribution in [1.29, 1.82) is 0 Å². The van der Waals surface area contributed by atoms with Gasteiger partial charge in [-0.2, -0.15) is 0 Å². The standard InChI is InChI=1S/C56H36N4/c1-4-15-37(16-5-1)55-49-35-39(41-27-30-47-45-23-10-12-25-51(45)60(54(47)36-41)44-21-8-3-9-22-44)28-31-50(49)57-56(58-55)42-18-14-17-38(33-42)40-29-32-53-48(34-40)46-24-11-13-26-52(46)59(53)43-19-6-2-7-20-43/h1-36H. The van der Waals surface area contributed by atoms with Crippen LogP contribution in [0.1, 0.15) is 0 Å². The predicted octanol–water partition coefficient (Wildman–Crippen LogP) is 14.5. The van der Waals surface area contributed by atoms with Crippen LogP contribution in [0, 0.1) is 0 Å². The first-order valence-electron chi connectivity index (χ1n) is 20.4. The summed E-state index contributed by atoms with van der Waals surface area (Å²) in [4.78, 5) is 10.6. The summed E-state index contributed by atoms with van der Waals surface area (Å²) in [7, 11) is 0. The summed E-state index contributed by atoms with van der Waals surface area (Å²) in [5, 5.41) is 5.95. The zero-order valence-corrected chi connectivity index (χ0v) is 32.6. The Morgan fingerprint density at radius 2 is 0.750 bits per heavy atom. The van der Waals surface area contributed by atoms with Gasteiger partial charge in [-0.15, -0.1) is 0 Å². The molecule has 0 atom stereocenters. The minimum atomic E-state index is 0.700. The van der Waals surface area contributed by atoms with Gasteiger partial charge >= 0.3 is 0 Å². The molecule has 0 unspecified atom stereocenters. The van der Waals surface area contributed by atoms with Crippen molar-refractivity contribution in [3.8, 4) is 56.3 Å². The molecule has 3 heterocycles. The van der Waals surface area contributed by atoms with E-state index in [1.807, 2.05) is 0 Å². The van der Waals surface area contributed by atoms with E-state index in [-0.39, 0.29) is 0 Å². The number of nitrogens with zero attached hydrogens (tertiary/aromatic N) is 4. The van der Waals surface area contributed by atoms with Crippen molar-refractivity contribution in [3.63, 3.8) is 0 Å². The van der Waals surface area contributed by atoms with Crippen molar-refractivity contribution in [2.75, 3.05) is 0 Å². The Balaban J connectivity index is 0.979. The van der Waals surface area contributed by atoms with Gasteiger partial charge in [0.15, 0.2) is 5.82 Å². The molecule has 0 fully saturated rings. The van der Waals surface area contributed by atoms with Gasteiger partial charge in [-0.3, -0.25) is 0 Å². The van der Waals surface area contributed by atoms with Crippen LogP contribution < -0.4 is 0 Å². The Morgan fingerprint density at radius 1 is 0.267 bits per heavy atom. The Labute approximate surface area is 346 Å². The van der Waals surface area contributed by atoms with E-state index >= 15 is 0 Å². The van der Waals surface area contributed by atoms with E-state index in [0.717, 1.165) is 61.4 Å². The van der Waals surface area contributed by atoms with Crippen molar-refractivity contribution in [2.45, 2.75) is 0 Å². The first-order valence-corrected chi connectivity index (χ1v) is 20.4. The maximum absolute atomic E-state index is 5.35. The molecule has 0 saturated carbocycles. The molecule has 12 rings (SSSR count). The van der Waals surface area contributed by atoms with Crippen LogP contribution >= 0.6 is 0 Å². The number of para-hydroxylation sites is 4. The molecule has 9 aromatic carbocycles. The van der Waals surface area contributed by atoms with E-state index in [1.165, 1.54) is 43.6 Å².